The normalized spacial score (nSPS) is 12.6. The average molecular weight is 404 g/mol. The van der Waals surface area contributed by atoms with Crippen molar-refractivity contribution in [1.82, 2.24) is 10.6 Å². The van der Waals surface area contributed by atoms with Gasteiger partial charge in [-0.3, -0.25) is 9.59 Å². The number of hydrogen-bond acceptors (Lipinski definition) is 4. The molecule has 150 valence electrons. The molecule has 28 heavy (non-hydrogen) atoms. The van der Waals surface area contributed by atoms with Gasteiger partial charge >= 0.3 is 0 Å². The van der Waals surface area contributed by atoms with Gasteiger partial charge in [0.1, 0.15) is 5.75 Å². The molecule has 0 radical (unpaired) electrons. The molecule has 2 amide bonds. The lowest BCUT2D eigenvalue weighted by atomic mass is 10.1. The van der Waals surface area contributed by atoms with Gasteiger partial charge in [0.15, 0.2) is 6.61 Å². The van der Waals surface area contributed by atoms with E-state index in [4.69, 9.17) is 10.5 Å². The van der Waals surface area contributed by atoms with Gasteiger partial charge < -0.3 is 21.1 Å². The van der Waals surface area contributed by atoms with E-state index in [1.165, 1.54) is 0 Å². The summed E-state index contributed by atoms with van der Waals surface area (Å²) in [6, 6.07) is 13.2. The minimum atomic E-state index is -0.124. The van der Waals surface area contributed by atoms with Crippen molar-refractivity contribution >= 4 is 29.9 Å². The number of carbonyl (C=O) groups excluding carboxylic acids is 2. The molecule has 6 nitrogen and oxygen atoms in total. The van der Waals surface area contributed by atoms with E-state index in [9.17, 15) is 9.59 Å². The highest BCUT2D eigenvalue weighted by atomic mass is 35.5. The summed E-state index contributed by atoms with van der Waals surface area (Å²) in [6.07, 6.45) is 2.83. The molecule has 2 aromatic carbocycles. The van der Waals surface area contributed by atoms with Gasteiger partial charge in [-0.1, -0.05) is 18.2 Å². The van der Waals surface area contributed by atoms with Crippen molar-refractivity contribution in [3.05, 3.63) is 59.2 Å². The van der Waals surface area contributed by atoms with E-state index in [0.29, 0.717) is 36.0 Å². The second-order valence-corrected chi connectivity index (χ2v) is 6.85. The third-order valence-electron chi connectivity index (χ3n) is 4.44. The topological polar surface area (TPSA) is 93.5 Å². The summed E-state index contributed by atoms with van der Waals surface area (Å²) >= 11 is 0. The smallest absolute Gasteiger partial charge is 0.258 e. The zero-order valence-corrected chi connectivity index (χ0v) is 16.7. The molecular formula is C21H26ClN3O3. The third kappa shape index (κ3) is 6.46. The number of carbonyl (C=O) groups is 2. The molecule has 1 saturated carbocycles. The Kier molecular flexibility index (Phi) is 7.70. The Bertz CT molecular complexity index is 820. The number of amides is 2. The molecule has 0 heterocycles. The minimum absolute atomic E-state index is 0. The highest BCUT2D eigenvalue weighted by molar-refractivity contribution is 5.96. The zero-order chi connectivity index (χ0) is 19.2. The van der Waals surface area contributed by atoms with Crippen LogP contribution in [0.25, 0.3) is 0 Å². The van der Waals surface area contributed by atoms with Crippen LogP contribution in [0.2, 0.25) is 0 Å². The van der Waals surface area contributed by atoms with Gasteiger partial charge in [0.25, 0.3) is 11.8 Å². The van der Waals surface area contributed by atoms with Crippen molar-refractivity contribution in [3.63, 3.8) is 0 Å². The number of nitrogens with one attached hydrogen (secondary N) is 2. The number of anilines is 1. The number of rotatable bonds is 8. The minimum Gasteiger partial charge on any atom is -0.484 e. The summed E-state index contributed by atoms with van der Waals surface area (Å²) in [7, 11) is 0. The first-order valence-corrected chi connectivity index (χ1v) is 9.16. The molecule has 0 atom stereocenters. The second kappa shape index (κ2) is 9.99. The fraction of sp³-hybridized carbons (Fsp3) is 0.333. The van der Waals surface area contributed by atoms with Crippen LogP contribution in [0.3, 0.4) is 0 Å². The van der Waals surface area contributed by atoms with Crippen molar-refractivity contribution in [2.45, 2.75) is 32.2 Å². The summed E-state index contributed by atoms with van der Waals surface area (Å²) in [4.78, 5) is 23.9. The number of aryl methyl sites for hydroxylation is 1. The number of halogens is 1. The van der Waals surface area contributed by atoms with Crippen LogP contribution in [0.4, 0.5) is 5.69 Å². The molecule has 0 spiro atoms. The standard InChI is InChI=1S/C21H25N3O3.ClH/c1-14-2-5-16(22)12-19(14)21(26)23-11-10-15-3-8-18(9-4-15)27-13-20(25)24-17-6-7-17;/h2-5,8-9,12,17H,6-7,10-11,13,22H2,1H3,(H,23,26)(H,24,25);1H. The van der Waals surface area contributed by atoms with Crippen molar-refractivity contribution in [2.75, 3.05) is 18.9 Å². The molecule has 2 aromatic rings. The average Bonchev–Trinajstić information content (AvgIpc) is 3.47. The second-order valence-electron chi connectivity index (χ2n) is 6.85. The maximum Gasteiger partial charge on any atom is 0.258 e. The van der Waals surface area contributed by atoms with Crippen LogP contribution in [-0.4, -0.2) is 31.0 Å². The summed E-state index contributed by atoms with van der Waals surface area (Å²) in [5.41, 5.74) is 8.90. The van der Waals surface area contributed by atoms with E-state index in [2.05, 4.69) is 10.6 Å². The third-order valence-corrected chi connectivity index (χ3v) is 4.44. The maximum absolute atomic E-state index is 12.3. The van der Waals surface area contributed by atoms with Crippen LogP contribution < -0.4 is 21.1 Å². The van der Waals surface area contributed by atoms with Crippen molar-refractivity contribution in [1.29, 1.82) is 0 Å². The zero-order valence-electron chi connectivity index (χ0n) is 15.9. The predicted octanol–water partition coefficient (Wildman–Crippen LogP) is 2.63. The van der Waals surface area contributed by atoms with Crippen LogP contribution in [0.1, 0.15) is 34.3 Å². The molecule has 7 heteroatoms. The van der Waals surface area contributed by atoms with Crippen LogP contribution in [0.15, 0.2) is 42.5 Å². The van der Waals surface area contributed by atoms with Gasteiger partial charge in [-0.25, -0.2) is 0 Å². The molecule has 0 aliphatic heterocycles. The summed E-state index contributed by atoms with van der Waals surface area (Å²) in [5.74, 6) is 0.451. The van der Waals surface area contributed by atoms with Gasteiger partial charge in [-0.05, 0) is 61.6 Å². The molecule has 4 N–H and O–H groups in total. The van der Waals surface area contributed by atoms with Crippen LogP contribution in [-0.2, 0) is 11.2 Å². The molecule has 1 aliphatic carbocycles. The van der Waals surface area contributed by atoms with Crippen molar-refractivity contribution in [2.24, 2.45) is 0 Å². The van der Waals surface area contributed by atoms with E-state index in [-0.39, 0.29) is 30.8 Å². The Morgan fingerprint density at radius 1 is 1.14 bits per heavy atom. The number of nitrogen functional groups attached to an aromatic ring is 1. The number of hydrogen-bond donors (Lipinski definition) is 3. The van der Waals surface area contributed by atoms with Crippen LogP contribution in [0, 0.1) is 6.92 Å². The monoisotopic (exact) mass is 403 g/mol. The van der Waals surface area contributed by atoms with Gasteiger partial charge in [-0.15, -0.1) is 12.4 Å². The molecule has 3 rings (SSSR count). The number of ether oxygens (including phenoxy) is 1. The molecule has 1 fully saturated rings. The van der Waals surface area contributed by atoms with Gasteiger partial charge in [0.05, 0.1) is 0 Å². The Morgan fingerprint density at radius 3 is 2.54 bits per heavy atom. The summed E-state index contributed by atoms with van der Waals surface area (Å²) in [6.45, 7) is 2.44. The molecule has 0 aromatic heterocycles. The molecule has 0 saturated heterocycles. The first-order chi connectivity index (χ1) is 13.0. The van der Waals surface area contributed by atoms with Gasteiger partial charge in [0.2, 0.25) is 0 Å². The van der Waals surface area contributed by atoms with E-state index >= 15 is 0 Å². The fourth-order valence-corrected chi connectivity index (χ4v) is 2.70. The quantitative estimate of drug-likeness (QED) is 0.590. The first kappa shape index (κ1) is 21.6. The van der Waals surface area contributed by atoms with E-state index in [0.717, 1.165) is 24.0 Å². The molecule has 1 aliphatic rings. The number of nitrogens with two attached hydrogens (primary N) is 1. The van der Waals surface area contributed by atoms with Gasteiger partial charge in [0, 0.05) is 23.8 Å². The lowest BCUT2D eigenvalue weighted by molar-refractivity contribution is -0.123. The van der Waals surface area contributed by atoms with E-state index < -0.39 is 0 Å². The Labute approximate surface area is 171 Å². The highest BCUT2D eigenvalue weighted by Gasteiger charge is 2.23. The molecule has 0 unspecified atom stereocenters. The summed E-state index contributed by atoms with van der Waals surface area (Å²) in [5, 5.41) is 5.80. The summed E-state index contributed by atoms with van der Waals surface area (Å²) < 4.78 is 5.48. The number of benzene rings is 2. The maximum atomic E-state index is 12.3. The lowest BCUT2D eigenvalue weighted by Crippen LogP contribution is -2.30. The Balaban J connectivity index is 0.00000280. The van der Waals surface area contributed by atoms with E-state index in [1.54, 1.807) is 12.1 Å². The predicted molar refractivity (Wildman–Crippen MR) is 112 cm³/mol. The largest absolute Gasteiger partial charge is 0.484 e. The SMILES string of the molecule is Cc1ccc(N)cc1C(=O)NCCc1ccc(OCC(=O)NC2CC2)cc1.Cl. The van der Waals surface area contributed by atoms with Crippen LogP contribution in [0.5, 0.6) is 5.75 Å². The molecule has 0 bridgehead atoms. The fourth-order valence-electron chi connectivity index (χ4n) is 2.70. The highest BCUT2D eigenvalue weighted by Crippen LogP contribution is 2.18. The molecular weight excluding hydrogens is 378 g/mol. The lowest BCUT2D eigenvalue weighted by Gasteiger charge is -2.10. The van der Waals surface area contributed by atoms with Gasteiger partial charge in [-0.2, -0.15) is 0 Å². The van der Waals surface area contributed by atoms with E-state index in [1.807, 2.05) is 37.3 Å². The van der Waals surface area contributed by atoms with Crippen LogP contribution >= 0.6 is 12.4 Å². The first-order valence-electron chi connectivity index (χ1n) is 9.16. The van der Waals surface area contributed by atoms with Crippen molar-refractivity contribution < 1.29 is 14.3 Å². The van der Waals surface area contributed by atoms with Crippen molar-refractivity contribution in [3.8, 4) is 5.75 Å². The Hall–Kier alpha value is -2.73. The Morgan fingerprint density at radius 2 is 1.86 bits per heavy atom.